The minimum absolute atomic E-state index is 0.0396. The summed E-state index contributed by atoms with van der Waals surface area (Å²) >= 11 is 5.69. The van der Waals surface area contributed by atoms with Crippen LogP contribution in [0.3, 0.4) is 0 Å². The van der Waals surface area contributed by atoms with Crippen LogP contribution in [0.25, 0.3) is 0 Å². The Morgan fingerprint density at radius 1 is 1.65 bits per heavy atom. The molecule has 6 nitrogen and oxygen atoms in total. The third kappa shape index (κ3) is 3.54. The van der Waals surface area contributed by atoms with Gasteiger partial charge in [0.05, 0.1) is 9.95 Å². The number of halogens is 1. The number of nitrogens with zero attached hydrogens (tertiary/aromatic N) is 3. The largest absolute Gasteiger partial charge is 0.396 e. The van der Waals surface area contributed by atoms with Gasteiger partial charge >= 0.3 is 5.69 Å². The second kappa shape index (κ2) is 6.36. The molecule has 1 heterocycles. The third-order valence-corrected chi connectivity index (χ3v) is 2.48. The number of pyridine rings is 1. The van der Waals surface area contributed by atoms with E-state index in [4.69, 9.17) is 16.7 Å². The Bertz CT molecular complexity index is 400. The first-order chi connectivity index (χ1) is 8.10. The molecular weight excluding hydrogens is 246 g/mol. The van der Waals surface area contributed by atoms with E-state index in [0.717, 1.165) is 0 Å². The summed E-state index contributed by atoms with van der Waals surface area (Å²) in [6.07, 6.45) is 1.92. The number of hydrogen-bond acceptors (Lipinski definition) is 5. The van der Waals surface area contributed by atoms with Gasteiger partial charge in [-0.1, -0.05) is 11.6 Å². The van der Waals surface area contributed by atoms with Crippen molar-refractivity contribution >= 4 is 23.1 Å². The van der Waals surface area contributed by atoms with Gasteiger partial charge in [0, 0.05) is 32.0 Å². The van der Waals surface area contributed by atoms with Crippen molar-refractivity contribution < 1.29 is 10.0 Å². The summed E-state index contributed by atoms with van der Waals surface area (Å²) in [5.74, 6) is 0.287. The molecule has 0 aliphatic rings. The molecule has 0 aromatic carbocycles. The van der Waals surface area contributed by atoms with Gasteiger partial charge in [-0.2, -0.15) is 0 Å². The van der Waals surface area contributed by atoms with E-state index in [9.17, 15) is 10.1 Å². The van der Waals surface area contributed by atoms with Crippen LogP contribution >= 0.6 is 11.6 Å². The molecule has 0 spiro atoms. The molecule has 0 unspecified atom stereocenters. The molecule has 1 aromatic heterocycles. The lowest BCUT2D eigenvalue weighted by Crippen LogP contribution is -2.26. The number of aliphatic hydroxyl groups is 1. The maximum absolute atomic E-state index is 10.9. The fraction of sp³-hybridized carbons (Fsp3) is 0.500. The molecule has 17 heavy (non-hydrogen) atoms. The summed E-state index contributed by atoms with van der Waals surface area (Å²) in [4.78, 5) is 16.1. The summed E-state index contributed by atoms with van der Waals surface area (Å²) < 4.78 is 0. The topological polar surface area (TPSA) is 79.5 Å². The highest BCUT2D eigenvalue weighted by atomic mass is 35.5. The Balaban J connectivity index is 3.05. The second-order valence-corrected chi connectivity index (χ2v) is 3.85. The molecule has 1 N–H and O–H groups in total. The molecule has 94 valence electrons. The highest BCUT2D eigenvalue weighted by molar-refractivity contribution is 6.30. The second-order valence-electron chi connectivity index (χ2n) is 3.41. The first-order valence-corrected chi connectivity index (χ1v) is 5.63. The molecule has 1 aromatic rings. The number of aromatic nitrogens is 1. The molecule has 0 aliphatic carbocycles. The molecule has 0 bridgehead atoms. The number of aliphatic hydroxyl groups excluding tert-OH is 1. The van der Waals surface area contributed by atoms with Crippen molar-refractivity contribution in [2.24, 2.45) is 0 Å². The number of hydrogen-bond donors (Lipinski definition) is 1. The predicted molar refractivity (Wildman–Crippen MR) is 65.5 cm³/mol. The zero-order valence-electron chi connectivity index (χ0n) is 9.47. The van der Waals surface area contributed by atoms with Gasteiger partial charge in [0.1, 0.15) is 0 Å². The molecule has 7 heteroatoms. The van der Waals surface area contributed by atoms with Gasteiger partial charge in [0.15, 0.2) is 0 Å². The summed E-state index contributed by atoms with van der Waals surface area (Å²) in [7, 11) is 0. The smallest absolute Gasteiger partial charge is 0.313 e. The molecular formula is C10H14ClN3O3. The van der Waals surface area contributed by atoms with Gasteiger partial charge in [0.25, 0.3) is 0 Å². The van der Waals surface area contributed by atoms with Gasteiger partial charge in [-0.05, 0) is 13.3 Å². The van der Waals surface area contributed by atoms with Crippen molar-refractivity contribution in [2.45, 2.75) is 13.3 Å². The van der Waals surface area contributed by atoms with Gasteiger partial charge in [0.2, 0.25) is 5.82 Å². The normalized spacial score (nSPS) is 10.3. The minimum Gasteiger partial charge on any atom is -0.396 e. The first kappa shape index (κ1) is 13.7. The van der Waals surface area contributed by atoms with Crippen molar-refractivity contribution in [2.75, 3.05) is 24.6 Å². The average Bonchev–Trinajstić information content (AvgIpc) is 2.31. The maximum atomic E-state index is 10.9. The predicted octanol–water partition coefficient (Wildman–Crippen LogP) is 1.85. The van der Waals surface area contributed by atoms with E-state index < -0.39 is 4.92 Å². The Kier molecular flexibility index (Phi) is 5.11. The Hall–Kier alpha value is -1.40. The van der Waals surface area contributed by atoms with E-state index in [1.165, 1.54) is 12.3 Å². The number of rotatable bonds is 6. The van der Waals surface area contributed by atoms with Crippen LogP contribution in [-0.4, -0.2) is 34.7 Å². The minimum atomic E-state index is -0.504. The van der Waals surface area contributed by atoms with Crippen molar-refractivity contribution in [1.82, 2.24) is 4.98 Å². The lowest BCUT2D eigenvalue weighted by molar-refractivity contribution is -0.384. The molecule has 0 fully saturated rings. The van der Waals surface area contributed by atoms with Gasteiger partial charge in [-0.15, -0.1) is 0 Å². The van der Waals surface area contributed by atoms with E-state index in [2.05, 4.69) is 4.98 Å². The van der Waals surface area contributed by atoms with E-state index in [1.807, 2.05) is 6.92 Å². The highest BCUT2D eigenvalue weighted by Gasteiger charge is 2.20. The van der Waals surface area contributed by atoms with Crippen LogP contribution in [0.4, 0.5) is 11.5 Å². The molecule has 0 aliphatic heterocycles. The molecule has 0 saturated carbocycles. The Labute approximate surface area is 104 Å². The van der Waals surface area contributed by atoms with E-state index in [-0.39, 0.29) is 23.1 Å². The van der Waals surface area contributed by atoms with Crippen molar-refractivity contribution in [3.63, 3.8) is 0 Å². The van der Waals surface area contributed by atoms with Crippen LogP contribution in [0.5, 0.6) is 0 Å². The van der Waals surface area contributed by atoms with Crippen LogP contribution in [0.1, 0.15) is 13.3 Å². The van der Waals surface area contributed by atoms with Crippen LogP contribution in [0, 0.1) is 10.1 Å². The number of anilines is 1. The van der Waals surface area contributed by atoms with Gasteiger partial charge in [-0.3, -0.25) is 10.1 Å². The SMILES string of the molecule is CCN(CCCO)c1ncc(Cl)cc1[N+](=O)[O-]. The summed E-state index contributed by atoms with van der Waals surface area (Å²) in [6, 6.07) is 1.28. The van der Waals surface area contributed by atoms with Crippen molar-refractivity contribution in [3.8, 4) is 0 Å². The monoisotopic (exact) mass is 259 g/mol. The summed E-state index contributed by atoms with van der Waals surface area (Å²) in [6.45, 7) is 3.01. The fourth-order valence-electron chi connectivity index (χ4n) is 1.47. The van der Waals surface area contributed by atoms with E-state index in [1.54, 1.807) is 4.90 Å². The third-order valence-electron chi connectivity index (χ3n) is 2.28. The van der Waals surface area contributed by atoms with E-state index in [0.29, 0.717) is 19.5 Å². The standard InChI is InChI=1S/C10H14ClN3O3/c1-2-13(4-3-5-15)10-9(14(16)17)6-8(11)7-12-10/h6-7,15H,2-5H2,1H3. The Morgan fingerprint density at radius 2 is 2.35 bits per heavy atom. The number of nitro groups is 1. The fourth-order valence-corrected chi connectivity index (χ4v) is 1.63. The molecule has 0 atom stereocenters. The zero-order valence-corrected chi connectivity index (χ0v) is 10.2. The van der Waals surface area contributed by atoms with Crippen LogP contribution in [-0.2, 0) is 0 Å². The summed E-state index contributed by atoms with van der Waals surface area (Å²) in [5, 5.41) is 19.9. The molecule has 1 rings (SSSR count). The van der Waals surface area contributed by atoms with Crippen molar-refractivity contribution in [1.29, 1.82) is 0 Å². The van der Waals surface area contributed by atoms with E-state index >= 15 is 0 Å². The van der Waals surface area contributed by atoms with Crippen LogP contribution < -0.4 is 4.90 Å². The highest BCUT2D eigenvalue weighted by Crippen LogP contribution is 2.28. The molecule has 0 radical (unpaired) electrons. The molecule has 0 saturated heterocycles. The lowest BCUT2D eigenvalue weighted by atomic mass is 10.3. The first-order valence-electron chi connectivity index (χ1n) is 5.25. The van der Waals surface area contributed by atoms with Crippen molar-refractivity contribution in [3.05, 3.63) is 27.4 Å². The van der Waals surface area contributed by atoms with Gasteiger partial charge in [-0.25, -0.2) is 4.98 Å². The maximum Gasteiger partial charge on any atom is 0.313 e. The van der Waals surface area contributed by atoms with Gasteiger partial charge < -0.3 is 10.0 Å². The molecule has 0 amide bonds. The van der Waals surface area contributed by atoms with Crippen LogP contribution in [0.15, 0.2) is 12.3 Å². The zero-order chi connectivity index (χ0) is 12.8. The lowest BCUT2D eigenvalue weighted by Gasteiger charge is -2.20. The Morgan fingerprint density at radius 3 is 2.88 bits per heavy atom. The van der Waals surface area contributed by atoms with Crippen LogP contribution in [0.2, 0.25) is 5.02 Å². The average molecular weight is 260 g/mol. The quantitative estimate of drug-likeness (QED) is 0.623. The summed E-state index contributed by atoms with van der Waals surface area (Å²) in [5.41, 5.74) is -0.114.